The smallest absolute Gasteiger partial charge is 0.297 e. The Hall–Kier alpha value is -1.82. The van der Waals surface area contributed by atoms with Crippen molar-refractivity contribution in [1.82, 2.24) is 0 Å². The zero-order valence-electron chi connectivity index (χ0n) is 19.1. The van der Waals surface area contributed by atoms with Gasteiger partial charge in [-0.1, -0.05) is 35.4 Å². The number of aryl methyl sites for hydroxylation is 2. The highest BCUT2D eigenvalue weighted by molar-refractivity contribution is 7.87. The van der Waals surface area contributed by atoms with Gasteiger partial charge in [-0.2, -0.15) is 16.8 Å². The third-order valence-corrected chi connectivity index (χ3v) is 7.73. The summed E-state index contributed by atoms with van der Waals surface area (Å²) in [7, 11) is -7.97. The third-order valence-electron chi connectivity index (χ3n) is 5.09. The highest BCUT2D eigenvalue weighted by atomic mass is 32.2. The van der Waals surface area contributed by atoms with Gasteiger partial charge in [-0.05, 0) is 64.8 Å². The average molecular weight is 499 g/mol. The molecule has 10 heteroatoms. The van der Waals surface area contributed by atoms with Gasteiger partial charge in [-0.15, -0.1) is 0 Å². The molecule has 1 aliphatic heterocycles. The van der Waals surface area contributed by atoms with Crippen LogP contribution in [0.3, 0.4) is 0 Å². The summed E-state index contributed by atoms with van der Waals surface area (Å²) in [5, 5.41) is 0. The van der Waals surface area contributed by atoms with Crippen LogP contribution in [-0.2, 0) is 38.1 Å². The molecular formula is C23H30O8S2. The Morgan fingerprint density at radius 3 is 1.88 bits per heavy atom. The Balaban J connectivity index is 1.66. The summed E-state index contributed by atoms with van der Waals surface area (Å²) in [6.07, 6.45) is -2.09. The summed E-state index contributed by atoms with van der Waals surface area (Å²) in [6.45, 7) is 7.08. The predicted octanol–water partition coefficient (Wildman–Crippen LogP) is 3.71. The molecule has 1 saturated heterocycles. The molecule has 3 rings (SSSR count). The van der Waals surface area contributed by atoms with Crippen LogP contribution in [0.15, 0.2) is 58.3 Å². The summed E-state index contributed by atoms with van der Waals surface area (Å²) in [5.74, 6) is 0. The van der Waals surface area contributed by atoms with Gasteiger partial charge in [0.15, 0.2) is 6.29 Å². The fraction of sp³-hybridized carbons (Fsp3) is 0.478. The lowest BCUT2D eigenvalue weighted by molar-refractivity contribution is -0.249. The molecule has 0 amide bonds. The maximum absolute atomic E-state index is 12.7. The van der Waals surface area contributed by atoms with Crippen molar-refractivity contribution in [2.75, 3.05) is 6.61 Å². The zero-order valence-corrected chi connectivity index (χ0v) is 20.8. The summed E-state index contributed by atoms with van der Waals surface area (Å²) in [4.78, 5) is 0.107. The maximum Gasteiger partial charge on any atom is 0.297 e. The Bertz CT molecular complexity index is 1120. The molecule has 1 fully saturated rings. The fourth-order valence-corrected chi connectivity index (χ4v) is 5.33. The lowest BCUT2D eigenvalue weighted by Gasteiger charge is -2.36. The first-order valence-corrected chi connectivity index (χ1v) is 13.5. The highest BCUT2D eigenvalue weighted by Crippen LogP contribution is 2.28. The van der Waals surface area contributed by atoms with Crippen LogP contribution in [0.2, 0.25) is 0 Å². The second kappa shape index (κ2) is 10.6. The SMILES string of the molecule is Cc1ccc(S(=O)(=O)OC[C@@H]2CC[C@@H](OS(=O)(=O)c3ccc(C)cc3)[C@@H](OC(C)C)O2)cc1. The molecule has 0 saturated carbocycles. The van der Waals surface area contributed by atoms with Gasteiger partial charge >= 0.3 is 0 Å². The van der Waals surface area contributed by atoms with Crippen LogP contribution in [0.4, 0.5) is 0 Å². The molecule has 0 radical (unpaired) electrons. The van der Waals surface area contributed by atoms with Crippen LogP contribution in [-0.4, -0.2) is 48.0 Å². The van der Waals surface area contributed by atoms with Gasteiger partial charge in [0.25, 0.3) is 20.2 Å². The Morgan fingerprint density at radius 1 is 0.848 bits per heavy atom. The van der Waals surface area contributed by atoms with Crippen molar-refractivity contribution in [3.63, 3.8) is 0 Å². The van der Waals surface area contributed by atoms with E-state index in [0.29, 0.717) is 12.8 Å². The van der Waals surface area contributed by atoms with E-state index in [2.05, 4.69) is 0 Å². The Labute approximate surface area is 196 Å². The predicted molar refractivity (Wildman–Crippen MR) is 122 cm³/mol. The molecule has 8 nitrogen and oxygen atoms in total. The molecule has 0 N–H and O–H groups in total. The summed E-state index contributed by atoms with van der Waals surface area (Å²) in [6, 6.07) is 12.7. The van der Waals surface area contributed by atoms with Crippen molar-refractivity contribution in [2.45, 2.75) is 74.9 Å². The van der Waals surface area contributed by atoms with E-state index in [1.165, 1.54) is 24.3 Å². The Kier molecular flexibility index (Phi) is 8.31. The van der Waals surface area contributed by atoms with E-state index in [1.54, 1.807) is 38.1 Å². The van der Waals surface area contributed by atoms with Gasteiger partial charge < -0.3 is 9.47 Å². The van der Waals surface area contributed by atoms with Crippen molar-refractivity contribution >= 4 is 20.2 Å². The van der Waals surface area contributed by atoms with Crippen LogP contribution in [0, 0.1) is 13.8 Å². The third kappa shape index (κ3) is 7.08. The standard InChI is InChI=1S/C23H30O8S2/c1-16(2)29-23-22(31-33(26,27)21-12-7-18(4)8-13-21)14-9-19(30-23)15-28-32(24,25)20-10-5-17(3)6-11-20/h5-8,10-13,16,19,22-23H,9,14-15H2,1-4H3/t19-,22+,23-/m0/s1. The van der Waals surface area contributed by atoms with Crippen molar-refractivity contribution in [2.24, 2.45) is 0 Å². The number of ether oxygens (including phenoxy) is 2. The Morgan fingerprint density at radius 2 is 1.36 bits per heavy atom. The molecule has 1 aliphatic rings. The van der Waals surface area contributed by atoms with Crippen LogP contribution in [0.5, 0.6) is 0 Å². The van der Waals surface area contributed by atoms with Crippen LogP contribution < -0.4 is 0 Å². The normalized spacial score (nSPS) is 21.9. The molecule has 2 aromatic carbocycles. The molecule has 2 aromatic rings. The first-order chi connectivity index (χ1) is 15.5. The van der Waals surface area contributed by atoms with Gasteiger partial charge in [0.2, 0.25) is 0 Å². The summed E-state index contributed by atoms with van der Waals surface area (Å²) < 4.78 is 72.6. The monoisotopic (exact) mass is 498 g/mol. The minimum atomic E-state index is -4.03. The largest absolute Gasteiger partial charge is 0.347 e. The number of hydrogen-bond donors (Lipinski definition) is 0. The lowest BCUT2D eigenvalue weighted by Crippen LogP contribution is -2.45. The molecule has 0 spiro atoms. The number of benzene rings is 2. The van der Waals surface area contributed by atoms with E-state index < -0.39 is 38.7 Å². The molecular weight excluding hydrogens is 468 g/mol. The molecule has 182 valence electrons. The fourth-order valence-electron chi connectivity index (χ4n) is 3.30. The number of rotatable bonds is 9. The van der Waals surface area contributed by atoms with Crippen molar-refractivity contribution < 1.29 is 34.7 Å². The molecule has 0 aliphatic carbocycles. The number of hydrogen-bond acceptors (Lipinski definition) is 8. The zero-order chi connectivity index (χ0) is 24.2. The van der Waals surface area contributed by atoms with E-state index in [-0.39, 0.29) is 22.5 Å². The minimum Gasteiger partial charge on any atom is -0.347 e. The van der Waals surface area contributed by atoms with E-state index in [1.807, 2.05) is 13.8 Å². The van der Waals surface area contributed by atoms with Crippen molar-refractivity contribution in [3.8, 4) is 0 Å². The van der Waals surface area contributed by atoms with E-state index in [9.17, 15) is 16.8 Å². The van der Waals surface area contributed by atoms with E-state index in [0.717, 1.165) is 11.1 Å². The molecule has 0 unspecified atom stereocenters. The maximum atomic E-state index is 12.7. The van der Waals surface area contributed by atoms with Gasteiger partial charge in [-0.3, -0.25) is 8.37 Å². The second-order valence-corrected chi connectivity index (χ2v) is 11.5. The second-order valence-electron chi connectivity index (χ2n) is 8.34. The molecule has 33 heavy (non-hydrogen) atoms. The molecule has 3 atom stereocenters. The summed E-state index contributed by atoms with van der Waals surface area (Å²) >= 11 is 0. The van der Waals surface area contributed by atoms with Gasteiger partial charge in [0.1, 0.15) is 6.10 Å². The first kappa shape index (κ1) is 25.8. The summed E-state index contributed by atoms with van der Waals surface area (Å²) in [5.41, 5.74) is 1.87. The van der Waals surface area contributed by atoms with Gasteiger partial charge in [-0.25, -0.2) is 0 Å². The highest BCUT2D eigenvalue weighted by Gasteiger charge is 2.37. The molecule has 0 aromatic heterocycles. The van der Waals surface area contributed by atoms with Crippen molar-refractivity contribution in [3.05, 3.63) is 59.7 Å². The van der Waals surface area contributed by atoms with E-state index >= 15 is 0 Å². The first-order valence-electron chi connectivity index (χ1n) is 10.7. The van der Waals surface area contributed by atoms with Crippen LogP contribution in [0.1, 0.15) is 37.8 Å². The topological polar surface area (TPSA) is 105 Å². The van der Waals surface area contributed by atoms with Crippen LogP contribution >= 0.6 is 0 Å². The minimum absolute atomic E-state index is 0.0473. The average Bonchev–Trinajstić information content (AvgIpc) is 2.74. The molecule has 0 bridgehead atoms. The van der Waals surface area contributed by atoms with Gasteiger partial charge in [0.05, 0.1) is 28.6 Å². The van der Waals surface area contributed by atoms with Gasteiger partial charge in [0, 0.05) is 0 Å². The van der Waals surface area contributed by atoms with E-state index in [4.69, 9.17) is 17.8 Å². The van der Waals surface area contributed by atoms with Crippen molar-refractivity contribution in [1.29, 1.82) is 0 Å². The molecule has 1 heterocycles. The quantitative estimate of drug-likeness (QED) is 0.482. The lowest BCUT2D eigenvalue weighted by atomic mass is 10.1. The van der Waals surface area contributed by atoms with Crippen LogP contribution in [0.25, 0.3) is 0 Å².